The second-order valence-corrected chi connectivity index (χ2v) is 7.75. The normalized spacial score (nSPS) is 12.5. The molecule has 106 valence electrons. The van der Waals surface area contributed by atoms with Gasteiger partial charge >= 0.3 is 5.97 Å². The third-order valence-corrected chi connectivity index (χ3v) is 5.94. The average Bonchev–Trinajstić information content (AvgIpc) is 2.38. The van der Waals surface area contributed by atoms with Crippen molar-refractivity contribution < 1.29 is 18.3 Å². The van der Waals surface area contributed by atoms with Gasteiger partial charge < -0.3 is 5.11 Å². The predicted octanol–water partition coefficient (Wildman–Crippen LogP) is 2.62. The van der Waals surface area contributed by atoms with Gasteiger partial charge in [-0.05, 0) is 30.2 Å². The molecule has 0 saturated carbocycles. The summed E-state index contributed by atoms with van der Waals surface area (Å²) in [5, 5.41) is 10.9. The van der Waals surface area contributed by atoms with Crippen molar-refractivity contribution in [2.24, 2.45) is 0 Å². The van der Waals surface area contributed by atoms with E-state index >= 15 is 0 Å². The monoisotopic (exact) mass is 292 g/mol. The summed E-state index contributed by atoms with van der Waals surface area (Å²) in [6.45, 7) is 2.44. The van der Waals surface area contributed by atoms with Crippen molar-refractivity contribution in [3.63, 3.8) is 0 Å². The molecule has 0 heterocycles. The molecule has 0 amide bonds. The van der Waals surface area contributed by atoms with Gasteiger partial charge in [0.05, 0.1) is 5.75 Å². The van der Waals surface area contributed by atoms with E-state index in [1.165, 1.54) is 13.8 Å². The van der Waals surface area contributed by atoms with Gasteiger partial charge in [0.2, 0.25) is 0 Å². The molecule has 2 aromatic carbocycles. The van der Waals surface area contributed by atoms with Crippen molar-refractivity contribution >= 4 is 26.6 Å². The summed E-state index contributed by atoms with van der Waals surface area (Å²) in [5.74, 6) is -1.62. The van der Waals surface area contributed by atoms with E-state index in [9.17, 15) is 13.2 Å². The van der Waals surface area contributed by atoms with E-state index in [2.05, 4.69) is 0 Å². The molecule has 0 spiro atoms. The Bertz CT molecular complexity index is 755. The highest BCUT2D eigenvalue weighted by molar-refractivity contribution is 7.92. The molecule has 1 N–H and O–H groups in total. The smallest absolute Gasteiger partial charge is 0.324 e. The van der Waals surface area contributed by atoms with Crippen LogP contribution in [0.25, 0.3) is 10.8 Å². The Hall–Kier alpha value is -1.88. The number of carboxylic acid groups (broad SMARTS) is 1. The highest BCUT2D eigenvalue weighted by atomic mass is 32.2. The highest BCUT2D eigenvalue weighted by Crippen LogP contribution is 2.26. The van der Waals surface area contributed by atoms with Crippen LogP contribution in [-0.4, -0.2) is 24.2 Å². The molecular formula is C15H16O4S. The maximum Gasteiger partial charge on any atom is 0.324 e. The zero-order chi connectivity index (χ0) is 15.0. The van der Waals surface area contributed by atoms with Crippen molar-refractivity contribution in [2.75, 3.05) is 0 Å². The van der Waals surface area contributed by atoms with Crippen molar-refractivity contribution in [3.05, 3.63) is 48.0 Å². The van der Waals surface area contributed by atoms with Gasteiger partial charge in [-0.2, -0.15) is 0 Å². The standard InChI is InChI=1S/C15H16O4S/c1-15(2,14(16)17)20(18,19)10-12-8-5-7-11-6-3-4-9-13(11)12/h3-9H,10H2,1-2H3,(H,16,17). The van der Waals surface area contributed by atoms with Crippen molar-refractivity contribution in [1.82, 2.24) is 0 Å². The van der Waals surface area contributed by atoms with E-state index in [0.717, 1.165) is 10.8 Å². The van der Waals surface area contributed by atoms with Crippen LogP contribution in [0.4, 0.5) is 0 Å². The summed E-state index contributed by atoms with van der Waals surface area (Å²) in [6, 6.07) is 12.8. The van der Waals surface area contributed by atoms with Crippen LogP contribution < -0.4 is 0 Å². The Morgan fingerprint density at radius 2 is 1.70 bits per heavy atom. The van der Waals surface area contributed by atoms with E-state index in [-0.39, 0.29) is 5.75 Å². The molecule has 0 saturated heterocycles. The van der Waals surface area contributed by atoms with E-state index in [4.69, 9.17) is 5.11 Å². The number of fused-ring (bicyclic) bond motifs is 1. The topological polar surface area (TPSA) is 71.4 Å². The first-order valence-electron chi connectivity index (χ1n) is 6.18. The Labute approximate surface area is 118 Å². The fourth-order valence-corrected chi connectivity index (χ4v) is 3.22. The maximum atomic E-state index is 12.3. The van der Waals surface area contributed by atoms with Gasteiger partial charge in [0.25, 0.3) is 0 Å². The van der Waals surface area contributed by atoms with Gasteiger partial charge in [0.1, 0.15) is 0 Å². The Morgan fingerprint density at radius 1 is 1.10 bits per heavy atom. The number of carboxylic acids is 1. The Balaban J connectivity index is 2.50. The molecule has 0 aromatic heterocycles. The molecule has 0 aliphatic rings. The molecule has 0 radical (unpaired) electrons. The Morgan fingerprint density at radius 3 is 2.35 bits per heavy atom. The lowest BCUT2D eigenvalue weighted by Crippen LogP contribution is -2.41. The fraction of sp³-hybridized carbons (Fsp3) is 0.267. The number of sulfone groups is 1. The van der Waals surface area contributed by atoms with Gasteiger partial charge in [-0.25, -0.2) is 8.42 Å². The molecule has 20 heavy (non-hydrogen) atoms. The quantitative estimate of drug-likeness (QED) is 0.940. The van der Waals surface area contributed by atoms with Crippen molar-refractivity contribution in [2.45, 2.75) is 24.3 Å². The summed E-state index contributed by atoms with van der Waals surface area (Å²) < 4.78 is 22.9. The van der Waals surface area contributed by atoms with E-state index in [1.807, 2.05) is 30.3 Å². The minimum atomic E-state index is -3.80. The lowest BCUT2D eigenvalue weighted by Gasteiger charge is -2.20. The minimum Gasteiger partial charge on any atom is -0.480 e. The molecular weight excluding hydrogens is 276 g/mol. The third-order valence-electron chi connectivity index (χ3n) is 3.52. The molecule has 0 bridgehead atoms. The van der Waals surface area contributed by atoms with Crippen molar-refractivity contribution in [1.29, 1.82) is 0 Å². The fourth-order valence-electron chi connectivity index (χ4n) is 1.94. The van der Waals surface area contributed by atoms with Crippen LogP contribution in [-0.2, 0) is 20.4 Å². The van der Waals surface area contributed by atoms with Gasteiger partial charge in [-0.3, -0.25) is 4.79 Å². The number of aliphatic carboxylic acids is 1. The summed E-state index contributed by atoms with van der Waals surface area (Å²) in [6.07, 6.45) is 0. The molecule has 5 heteroatoms. The maximum absolute atomic E-state index is 12.3. The van der Waals surface area contributed by atoms with Crippen LogP contribution in [0.3, 0.4) is 0 Å². The molecule has 0 atom stereocenters. The zero-order valence-corrected chi connectivity index (χ0v) is 12.1. The zero-order valence-electron chi connectivity index (χ0n) is 11.3. The molecule has 4 nitrogen and oxygen atoms in total. The number of benzene rings is 2. The van der Waals surface area contributed by atoms with Crippen LogP contribution >= 0.6 is 0 Å². The van der Waals surface area contributed by atoms with Gasteiger partial charge in [0.15, 0.2) is 14.6 Å². The van der Waals surface area contributed by atoms with E-state index in [1.54, 1.807) is 12.1 Å². The lowest BCUT2D eigenvalue weighted by atomic mass is 10.1. The highest BCUT2D eigenvalue weighted by Gasteiger charge is 2.41. The average molecular weight is 292 g/mol. The summed E-state index contributed by atoms with van der Waals surface area (Å²) in [4.78, 5) is 11.1. The van der Waals surface area contributed by atoms with Crippen LogP contribution in [0, 0.1) is 0 Å². The van der Waals surface area contributed by atoms with E-state index in [0.29, 0.717) is 5.56 Å². The van der Waals surface area contributed by atoms with Gasteiger partial charge in [-0.1, -0.05) is 42.5 Å². The van der Waals surface area contributed by atoms with Crippen LogP contribution in [0.5, 0.6) is 0 Å². The molecule has 2 aromatic rings. The second-order valence-electron chi connectivity index (χ2n) is 5.21. The third kappa shape index (κ3) is 2.41. The summed E-state index contributed by atoms with van der Waals surface area (Å²) >= 11 is 0. The van der Waals surface area contributed by atoms with Gasteiger partial charge in [-0.15, -0.1) is 0 Å². The first-order valence-corrected chi connectivity index (χ1v) is 7.83. The second kappa shape index (κ2) is 4.90. The van der Waals surface area contributed by atoms with E-state index < -0.39 is 20.6 Å². The molecule has 2 rings (SSSR count). The first-order chi connectivity index (χ1) is 9.25. The molecule has 0 fully saturated rings. The Kier molecular flexibility index (Phi) is 3.56. The number of rotatable bonds is 4. The first kappa shape index (κ1) is 14.5. The SMILES string of the molecule is CC(C)(C(=O)O)S(=O)(=O)Cc1cccc2ccccc12. The van der Waals surface area contributed by atoms with Crippen LogP contribution in [0.1, 0.15) is 19.4 Å². The number of carbonyl (C=O) groups is 1. The molecule has 0 unspecified atom stereocenters. The lowest BCUT2D eigenvalue weighted by molar-refractivity contribution is -0.139. The van der Waals surface area contributed by atoms with Gasteiger partial charge in [0, 0.05) is 0 Å². The molecule has 0 aliphatic heterocycles. The largest absolute Gasteiger partial charge is 0.480 e. The van der Waals surface area contributed by atoms with Crippen LogP contribution in [0.15, 0.2) is 42.5 Å². The molecule has 0 aliphatic carbocycles. The number of hydrogen-bond donors (Lipinski definition) is 1. The van der Waals surface area contributed by atoms with Crippen LogP contribution in [0.2, 0.25) is 0 Å². The number of hydrogen-bond acceptors (Lipinski definition) is 3. The summed E-state index contributed by atoms with van der Waals surface area (Å²) in [5.41, 5.74) is 0.623. The minimum absolute atomic E-state index is 0.284. The van der Waals surface area contributed by atoms with Crippen molar-refractivity contribution in [3.8, 4) is 0 Å². The predicted molar refractivity (Wildman–Crippen MR) is 78.3 cm³/mol. The summed E-state index contributed by atoms with van der Waals surface area (Å²) in [7, 11) is -3.80.